The number of likely N-dealkylation sites (tertiary alicyclic amines) is 1. The number of carbonyl (C=O) groups is 2. The van der Waals surface area contributed by atoms with Crippen molar-refractivity contribution in [2.24, 2.45) is 11.3 Å². The summed E-state index contributed by atoms with van der Waals surface area (Å²) < 4.78 is 0. The molecule has 0 aliphatic carbocycles. The fourth-order valence-electron chi connectivity index (χ4n) is 2.09. The van der Waals surface area contributed by atoms with E-state index < -0.39 is 0 Å². The second kappa shape index (κ2) is 5.30. The van der Waals surface area contributed by atoms with Gasteiger partial charge in [0.05, 0.1) is 5.33 Å². The molecule has 1 fully saturated rings. The quantitative estimate of drug-likeness (QED) is 0.731. The zero-order valence-electron chi connectivity index (χ0n) is 10.3. The number of halogens is 1. The molecular formula is C12H20BrNO2. The molecule has 4 heteroatoms. The maximum Gasteiger partial charge on any atom is 0.233 e. The molecule has 0 bridgehead atoms. The number of piperidine rings is 1. The van der Waals surface area contributed by atoms with Crippen LogP contribution in [0.4, 0.5) is 0 Å². The lowest BCUT2D eigenvalue weighted by molar-refractivity contribution is -0.136. The van der Waals surface area contributed by atoms with Crippen molar-refractivity contribution in [1.82, 2.24) is 4.90 Å². The van der Waals surface area contributed by atoms with Gasteiger partial charge in [-0.2, -0.15) is 0 Å². The van der Waals surface area contributed by atoms with Crippen molar-refractivity contribution in [3.63, 3.8) is 0 Å². The van der Waals surface area contributed by atoms with Crippen LogP contribution in [0.5, 0.6) is 0 Å². The van der Waals surface area contributed by atoms with E-state index in [1.807, 2.05) is 25.7 Å². The zero-order valence-corrected chi connectivity index (χ0v) is 11.8. The minimum absolute atomic E-state index is 0.127. The van der Waals surface area contributed by atoms with Gasteiger partial charge in [-0.1, -0.05) is 36.7 Å². The van der Waals surface area contributed by atoms with Gasteiger partial charge in [0.2, 0.25) is 5.91 Å². The van der Waals surface area contributed by atoms with Gasteiger partial charge in [0.25, 0.3) is 0 Å². The van der Waals surface area contributed by atoms with E-state index in [0.717, 1.165) is 25.9 Å². The molecular weight excluding hydrogens is 270 g/mol. The van der Waals surface area contributed by atoms with Crippen LogP contribution in [0, 0.1) is 11.3 Å². The lowest BCUT2D eigenvalue weighted by atomic mass is 9.79. The van der Waals surface area contributed by atoms with Gasteiger partial charge in [-0.15, -0.1) is 0 Å². The molecule has 3 nitrogen and oxygen atoms in total. The molecule has 0 aromatic carbocycles. The van der Waals surface area contributed by atoms with Gasteiger partial charge in [0.1, 0.15) is 5.78 Å². The monoisotopic (exact) mass is 289 g/mol. The van der Waals surface area contributed by atoms with Crippen LogP contribution in [0.3, 0.4) is 0 Å². The van der Waals surface area contributed by atoms with E-state index in [1.54, 1.807) is 0 Å². The SMILES string of the molecule is CC(C)(C)C(=O)C1CCN(C(=O)CBr)CC1. The normalized spacial score (nSPS) is 18.6. The Bertz CT molecular complexity index is 275. The Morgan fingerprint density at radius 1 is 1.25 bits per heavy atom. The van der Waals surface area contributed by atoms with E-state index in [1.165, 1.54) is 0 Å². The molecule has 16 heavy (non-hydrogen) atoms. The Labute approximate surface area is 106 Å². The number of alkyl halides is 1. The van der Waals surface area contributed by atoms with E-state index in [-0.39, 0.29) is 17.2 Å². The highest BCUT2D eigenvalue weighted by Gasteiger charge is 2.32. The molecule has 0 aromatic rings. The lowest BCUT2D eigenvalue weighted by Gasteiger charge is -2.33. The van der Waals surface area contributed by atoms with Crippen molar-refractivity contribution < 1.29 is 9.59 Å². The van der Waals surface area contributed by atoms with E-state index in [9.17, 15) is 9.59 Å². The zero-order chi connectivity index (χ0) is 12.3. The predicted octanol–water partition coefficient (Wildman–Crippen LogP) is 2.24. The molecule has 0 radical (unpaired) electrons. The van der Waals surface area contributed by atoms with E-state index in [2.05, 4.69) is 15.9 Å². The molecule has 0 spiro atoms. The summed E-state index contributed by atoms with van der Waals surface area (Å²) >= 11 is 3.17. The highest BCUT2D eigenvalue weighted by molar-refractivity contribution is 9.09. The predicted molar refractivity (Wildman–Crippen MR) is 67.6 cm³/mol. The second-order valence-electron chi connectivity index (χ2n) is 5.40. The first-order valence-corrected chi connectivity index (χ1v) is 6.86. The van der Waals surface area contributed by atoms with Crippen molar-refractivity contribution in [2.45, 2.75) is 33.6 Å². The van der Waals surface area contributed by atoms with Gasteiger partial charge in [0, 0.05) is 24.4 Å². The average molecular weight is 290 g/mol. The first-order chi connectivity index (χ1) is 7.36. The largest absolute Gasteiger partial charge is 0.342 e. The summed E-state index contributed by atoms with van der Waals surface area (Å²) in [5.74, 6) is 0.597. The number of amides is 1. The number of nitrogens with zero attached hydrogens (tertiary/aromatic N) is 1. The summed E-state index contributed by atoms with van der Waals surface area (Å²) in [6, 6.07) is 0. The van der Waals surface area contributed by atoms with E-state index >= 15 is 0 Å². The average Bonchev–Trinajstić information content (AvgIpc) is 2.26. The molecule has 1 aliphatic rings. The fourth-order valence-corrected chi connectivity index (χ4v) is 2.44. The minimum atomic E-state index is -0.258. The lowest BCUT2D eigenvalue weighted by Crippen LogP contribution is -2.42. The van der Waals surface area contributed by atoms with Crippen LogP contribution in [0.1, 0.15) is 33.6 Å². The van der Waals surface area contributed by atoms with Gasteiger partial charge in [-0.3, -0.25) is 9.59 Å². The van der Waals surface area contributed by atoms with E-state index in [0.29, 0.717) is 11.1 Å². The molecule has 0 unspecified atom stereocenters. The number of hydrogen-bond acceptors (Lipinski definition) is 2. The first-order valence-electron chi connectivity index (χ1n) is 5.74. The third-order valence-corrected chi connectivity index (χ3v) is 3.55. The summed E-state index contributed by atoms with van der Waals surface area (Å²) in [5.41, 5.74) is -0.258. The van der Waals surface area contributed by atoms with Gasteiger partial charge in [-0.05, 0) is 12.8 Å². The maximum atomic E-state index is 12.1. The Morgan fingerprint density at radius 3 is 2.12 bits per heavy atom. The van der Waals surface area contributed by atoms with Crippen molar-refractivity contribution in [3.05, 3.63) is 0 Å². The molecule has 92 valence electrons. The second-order valence-corrected chi connectivity index (χ2v) is 5.96. The molecule has 0 aromatic heterocycles. The van der Waals surface area contributed by atoms with Gasteiger partial charge in [0.15, 0.2) is 0 Å². The van der Waals surface area contributed by atoms with Crippen LogP contribution < -0.4 is 0 Å². The highest BCUT2D eigenvalue weighted by atomic mass is 79.9. The molecule has 1 amide bonds. The van der Waals surface area contributed by atoms with Crippen molar-refractivity contribution >= 4 is 27.6 Å². The third kappa shape index (κ3) is 3.30. The Balaban J connectivity index is 2.49. The smallest absolute Gasteiger partial charge is 0.233 e. The molecule has 0 N–H and O–H groups in total. The van der Waals surface area contributed by atoms with Crippen LogP contribution in [-0.2, 0) is 9.59 Å². The summed E-state index contributed by atoms with van der Waals surface area (Å²) in [6.07, 6.45) is 1.63. The van der Waals surface area contributed by atoms with Gasteiger partial charge >= 0.3 is 0 Å². The van der Waals surface area contributed by atoms with Crippen LogP contribution in [0.15, 0.2) is 0 Å². The number of carbonyl (C=O) groups excluding carboxylic acids is 2. The molecule has 1 aliphatic heterocycles. The minimum Gasteiger partial charge on any atom is -0.342 e. The first kappa shape index (κ1) is 13.7. The molecule has 1 saturated heterocycles. The number of rotatable bonds is 2. The van der Waals surface area contributed by atoms with Crippen molar-refractivity contribution in [1.29, 1.82) is 0 Å². The van der Waals surface area contributed by atoms with Crippen molar-refractivity contribution in [2.75, 3.05) is 18.4 Å². The van der Waals surface area contributed by atoms with E-state index in [4.69, 9.17) is 0 Å². The summed E-state index contributed by atoms with van der Waals surface area (Å²) in [5, 5.41) is 0.380. The highest BCUT2D eigenvalue weighted by Crippen LogP contribution is 2.27. The Hall–Kier alpha value is -0.380. The maximum absolute atomic E-state index is 12.1. The van der Waals surface area contributed by atoms with Crippen molar-refractivity contribution in [3.8, 4) is 0 Å². The molecule has 1 heterocycles. The molecule has 0 saturated carbocycles. The van der Waals surface area contributed by atoms with Crippen LogP contribution >= 0.6 is 15.9 Å². The fraction of sp³-hybridized carbons (Fsp3) is 0.833. The number of Topliss-reactive ketones (excluding diaryl/α,β-unsaturated/α-hetero) is 1. The van der Waals surface area contributed by atoms with Crippen LogP contribution in [0.2, 0.25) is 0 Å². The summed E-state index contributed by atoms with van der Waals surface area (Å²) in [7, 11) is 0. The Kier molecular flexibility index (Phi) is 4.53. The Morgan fingerprint density at radius 2 is 1.75 bits per heavy atom. The summed E-state index contributed by atoms with van der Waals surface area (Å²) in [4.78, 5) is 25.3. The van der Waals surface area contributed by atoms with Crippen LogP contribution in [-0.4, -0.2) is 35.0 Å². The standard InChI is InChI=1S/C12H20BrNO2/c1-12(2,3)11(16)9-4-6-14(7-5-9)10(15)8-13/h9H,4-8H2,1-3H3. The van der Waals surface area contributed by atoms with Crippen LogP contribution in [0.25, 0.3) is 0 Å². The summed E-state index contributed by atoms with van der Waals surface area (Å²) in [6.45, 7) is 7.33. The number of hydrogen-bond donors (Lipinski definition) is 0. The number of ketones is 1. The third-order valence-electron chi connectivity index (χ3n) is 3.07. The van der Waals surface area contributed by atoms with Gasteiger partial charge < -0.3 is 4.90 Å². The molecule has 0 atom stereocenters. The topological polar surface area (TPSA) is 37.4 Å². The van der Waals surface area contributed by atoms with Gasteiger partial charge in [-0.25, -0.2) is 0 Å². The molecule has 1 rings (SSSR count).